The minimum atomic E-state index is -0.461. The second kappa shape index (κ2) is 10.8. The molecule has 4 nitrogen and oxygen atoms in total. The van der Waals surface area contributed by atoms with Crippen LogP contribution in [0.2, 0.25) is 0 Å². The van der Waals surface area contributed by atoms with Gasteiger partial charge in [-0.2, -0.15) is 5.26 Å². The van der Waals surface area contributed by atoms with Gasteiger partial charge in [0.05, 0.1) is 17.6 Å². The molecule has 5 rings (SSSR count). The van der Waals surface area contributed by atoms with Crippen molar-refractivity contribution in [3.05, 3.63) is 116 Å². The van der Waals surface area contributed by atoms with Crippen LogP contribution in [0.4, 0.5) is 5.69 Å². The standard InChI is InChI=1S/C32H30BrN3OS/c1-19-15-22(18-38-29-10-5-4-7-20(29)2)21(3)25(16-19)30-26(17-34)32(35)36(24-13-11-23(33)12-14-24)27-8-6-9-28(37)31(27)30/h4-5,7,10-16,30H,6,8-9,18,35H2,1-3H3. The number of carbonyl (C=O) groups is 1. The van der Waals surface area contributed by atoms with Gasteiger partial charge >= 0.3 is 0 Å². The molecule has 38 heavy (non-hydrogen) atoms. The lowest BCUT2D eigenvalue weighted by Crippen LogP contribution is -2.39. The Kier molecular flexibility index (Phi) is 7.52. The largest absolute Gasteiger partial charge is 0.384 e. The Morgan fingerprint density at radius 3 is 2.53 bits per heavy atom. The van der Waals surface area contributed by atoms with Crippen molar-refractivity contribution < 1.29 is 4.79 Å². The van der Waals surface area contributed by atoms with Gasteiger partial charge in [-0.1, -0.05) is 51.8 Å². The van der Waals surface area contributed by atoms with E-state index < -0.39 is 5.92 Å². The van der Waals surface area contributed by atoms with Crippen LogP contribution in [0.15, 0.2) is 92.7 Å². The van der Waals surface area contributed by atoms with E-state index in [0.717, 1.165) is 56.7 Å². The van der Waals surface area contributed by atoms with Gasteiger partial charge in [0.25, 0.3) is 0 Å². The molecule has 1 aliphatic carbocycles. The molecule has 1 aliphatic heterocycles. The molecule has 0 aromatic heterocycles. The van der Waals surface area contributed by atoms with Gasteiger partial charge in [-0.15, -0.1) is 11.8 Å². The fourth-order valence-corrected chi connectivity index (χ4v) is 6.92. The number of nitrogens with two attached hydrogens (primary N) is 1. The number of anilines is 1. The van der Waals surface area contributed by atoms with Crippen molar-refractivity contribution in [1.82, 2.24) is 0 Å². The predicted molar refractivity (Wildman–Crippen MR) is 159 cm³/mol. The van der Waals surface area contributed by atoms with Crippen molar-refractivity contribution in [1.29, 1.82) is 5.26 Å². The number of Topliss-reactive ketones (excluding diaryl/α,β-unsaturated/α-hetero) is 1. The number of rotatable bonds is 5. The number of allylic oxidation sites excluding steroid dienone is 3. The third-order valence-corrected chi connectivity index (χ3v) is 9.24. The summed E-state index contributed by atoms with van der Waals surface area (Å²) in [5.74, 6) is 0.862. The molecular formula is C32H30BrN3OS. The van der Waals surface area contributed by atoms with E-state index in [1.165, 1.54) is 16.0 Å². The molecule has 0 radical (unpaired) electrons. The van der Waals surface area contributed by atoms with Crippen LogP contribution in [0, 0.1) is 32.1 Å². The number of halogens is 1. The Bertz CT molecular complexity index is 1530. The lowest BCUT2D eigenvalue weighted by atomic mass is 9.73. The number of hydrogen-bond acceptors (Lipinski definition) is 5. The number of aryl methyl sites for hydroxylation is 2. The van der Waals surface area contributed by atoms with Crippen LogP contribution >= 0.6 is 27.7 Å². The Morgan fingerprint density at radius 1 is 1.08 bits per heavy atom. The highest BCUT2D eigenvalue weighted by molar-refractivity contribution is 9.10. The summed E-state index contributed by atoms with van der Waals surface area (Å²) in [5.41, 5.74) is 15.4. The quantitative estimate of drug-likeness (QED) is 0.308. The zero-order valence-electron chi connectivity index (χ0n) is 21.8. The first-order valence-corrected chi connectivity index (χ1v) is 14.6. The number of nitrogens with zero attached hydrogens (tertiary/aromatic N) is 2. The van der Waals surface area contributed by atoms with E-state index in [-0.39, 0.29) is 5.78 Å². The molecule has 2 N–H and O–H groups in total. The van der Waals surface area contributed by atoms with Crippen LogP contribution in [0.25, 0.3) is 0 Å². The van der Waals surface area contributed by atoms with Crippen LogP contribution in [0.5, 0.6) is 0 Å². The van der Waals surface area contributed by atoms with Gasteiger partial charge in [-0.05, 0) is 86.2 Å². The number of nitriles is 1. The second-order valence-corrected chi connectivity index (χ2v) is 11.9. The Hall–Kier alpha value is -3.27. The average molecular weight is 585 g/mol. The fourth-order valence-electron chi connectivity index (χ4n) is 5.57. The predicted octanol–water partition coefficient (Wildman–Crippen LogP) is 7.97. The molecule has 0 fully saturated rings. The van der Waals surface area contributed by atoms with Crippen molar-refractivity contribution in [3.63, 3.8) is 0 Å². The Balaban J connectivity index is 1.64. The van der Waals surface area contributed by atoms with Gasteiger partial charge in [0, 0.05) is 38.5 Å². The number of carbonyl (C=O) groups excluding carboxylic acids is 1. The van der Waals surface area contributed by atoms with Crippen LogP contribution in [-0.4, -0.2) is 5.78 Å². The molecule has 3 aromatic rings. The van der Waals surface area contributed by atoms with E-state index in [2.05, 4.69) is 79.2 Å². The molecule has 1 unspecified atom stereocenters. The van der Waals surface area contributed by atoms with Crippen LogP contribution in [0.3, 0.4) is 0 Å². The van der Waals surface area contributed by atoms with Crippen molar-refractivity contribution in [2.24, 2.45) is 5.73 Å². The molecule has 6 heteroatoms. The minimum Gasteiger partial charge on any atom is -0.384 e. The van der Waals surface area contributed by atoms with Crippen molar-refractivity contribution in [3.8, 4) is 6.07 Å². The summed E-state index contributed by atoms with van der Waals surface area (Å²) < 4.78 is 0.958. The zero-order chi connectivity index (χ0) is 27.0. The van der Waals surface area contributed by atoms with Crippen LogP contribution in [0.1, 0.15) is 53.0 Å². The highest BCUT2D eigenvalue weighted by Crippen LogP contribution is 2.47. The maximum Gasteiger partial charge on any atom is 0.161 e. The summed E-state index contributed by atoms with van der Waals surface area (Å²) in [4.78, 5) is 16.8. The molecule has 0 saturated heterocycles. The zero-order valence-corrected chi connectivity index (χ0v) is 24.2. The van der Waals surface area contributed by atoms with E-state index in [0.29, 0.717) is 17.8 Å². The number of hydrogen-bond donors (Lipinski definition) is 1. The van der Waals surface area contributed by atoms with Gasteiger partial charge in [-0.25, -0.2) is 0 Å². The maximum absolute atomic E-state index is 13.6. The van der Waals surface area contributed by atoms with Crippen molar-refractivity contribution in [2.75, 3.05) is 4.90 Å². The summed E-state index contributed by atoms with van der Waals surface area (Å²) in [6.45, 7) is 6.33. The first kappa shape index (κ1) is 26.3. The number of benzene rings is 3. The summed E-state index contributed by atoms with van der Waals surface area (Å²) in [7, 11) is 0. The van der Waals surface area contributed by atoms with Gasteiger partial charge in [0.1, 0.15) is 5.82 Å². The summed E-state index contributed by atoms with van der Waals surface area (Å²) in [6.07, 6.45) is 2.01. The Labute approximate surface area is 237 Å². The SMILES string of the molecule is Cc1cc(CSc2ccccc2C)c(C)c(C2C(C#N)=C(N)N(c3ccc(Br)cc3)C3=C2C(=O)CCC3)c1. The van der Waals surface area contributed by atoms with Crippen molar-refractivity contribution >= 4 is 39.2 Å². The second-order valence-electron chi connectivity index (χ2n) is 9.99. The third-order valence-electron chi connectivity index (χ3n) is 7.49. The Morgan fingerprint density at radius 2 is 1.82 bits per heavy atom. The topological polar surface area (TPSA) is 70.1 Å². The average Bonchev–Trinajstić information content (AvgIpc) is 2.90. The molecule has 1 heterocycles. The molecule has 2 aliphatic rings. The lowest BCUT2D eigenvalue weighted by Gasteiger charge is -2.40. The van der Waals surface area contributed by atoms with E-state index in [1.807, 2.05) is 40.9 Å². The number of thioether (sulfide) groups is 1. The third kappa shape index (κ3) is 4.81. The first-order chi connectivity index (χ1) is 18.3. The van der Waals surface area contributed by atoms with E-state index in [4.69, 9.17) is 5.73 Å². The molecule has 1 atom stereocenters. The van der Waals surface area contributed by atoms with Gasteiger partial charge in [0.15, 0.2) is 5.78 Å². The fraction of sp³-hybridized carbons (Fsp3) is 0.250. The molecule has 192 valence electrons. The van der Waals surface area contributed by atoms with Gasteiger partial charge in [0.2, 0.25) is 0 Å². The normalized spacial score (nSPS) is 17.5. The van der Waals surface area contributed by atoms with Crippen LogP contribution < -0.4 is 10.6 Å². The highest BCUT2D eigenvalue weighted by Gasteiger charge is 2.41. The molecule has 0 bridgehead atoms. The van der Waals surface area contributed by atoms with E-state index in [9.17, 15) is 10.1 Å². The first-order valence-electron chi connectivity index (χ1n) is 12.8. The molecular weight excluding hydrogens is 554 g/mol. The van der Waals surface area contributed by atoms with Gasteiger partial charge < -0.3 is 5.73 Å². The van der Waals surface area contributed by atoms with Gasteiger partial charge in [-0.3, -0.25) is 9.69 Å². The lowest BCUT2D eigenvalue weighted by molar-refractivity contribution is -0.116. The summed E-state index contributed by atoms with van der Waals surface area (Å²) in [5, 5.41) is 10.4. The molecule has 3 aromatic carbocycles. The summed E-state index contributed by atoms with van der Waals surface area (Å²) >= 11 is 5.31. The van der Waals surface area contributed by atoms with Crippen molar-refractivity contribution in [2.45, 2.75) is 56.6 Å². The highest BCUT2D eigenvalue weighted by atomic mass is 79.9. The molecule has 0 saturated carbocycles. The smallest absolute Gasteiger partial charge is 0.161 e. The monoisotopic (exact) mass is 583 g/mol. The summed E-state index contributed by atoms with van der Waals surface area (Å²) in [6, 6.07) is 23.0. The molecule has 0 spiro atoms. The van der Waals surface area contributed by atoms with Crippen LogP contribution in [-0.2, 0) is 10.5 Å². The van der Waals surface area contributed by atoms with E-state index >= 15 is 0 Å². The molecule has 0 amide bonds. The minimum absolute atomic E-state index is 0.107. The maximum atomic E-state index is 13.6. The number of ketones is 1. The van der Waals surface area contributed by atoms with E-state index in [1.54, 1.807) is 0 Å².